The van der Waals surface area contributed by atoms with Gasteiger partial charge in [-0.3, -0.25) is 9.59 Å². The number of aromatic nitrogens is 1. The Bertz CT molecular complexity index is 1710. The van der Waals surface area contributed by atoms with Crippen LogP contribution in [0, 0.1) is 6.92 Å². The molecule has 0 aliphatic heterocycles. The lowest BCUT2D eigenvalue weighted by atomic mass is 9.97. The van der Waals surface area contributed by atoms with Crippen LogP contribution in [0.1, 0.15) is 59.8 Å². The molecule has 1 N–H and O–H groups in total. The van der Waals surface area contributed by atoms with E-state index in [-0.39, 0.29) is 17.8 Å². The Morgan fingerprint density at radius 2 is 1.66 bits per heavy atom. The number of halogens is 1. The minimum Gasteiger partial charge on any atom is -0.370 e. The summed E-state index contributed by atoms with van der Waals surface area (Å²) in [5.41, 5.74) is 8.57. The number of thioether (sulfide) groups is 1. The molecule has 1 heterocycles. The third kappa shape index (κ3) is 6.51. The summed E-state index contributed by atoms with van der Waals surface area (Å²) >= 11 is 7.79. The highest BCUT2D eigenvalue weighted by molar-refractivity contribution is 7.99. The van der Waals surface area contributed by atoms with Crippen LogP contribution >= 0.6 is 23.4 Å². The Hall–Kier alpha value is -3.58. The molecule has 0 fully saturated rings. The zero-order valence-corrected chi connectivity index (χ0v) is 25.0. The number of ketones is 1. The molecule has 0 amide bonds. The molecular weight excluding hydrogens is 552 g/mol. The Morgan fingerprint density at radius 3 is 2.37 bits per heavy atom. The topological polar surface area (TPSA) is 60.3 Å². The van der Waals surface area contributed by atoms with Crippen LogP contribution in [0.5, 0.6) is 0 Å². The van der Waals surface area contributed by atoms with Crippen molar-refractivity contribution < 1.29 is 14.4 Å². The van der Waals surface area contributed by atoms with Gasteiger partial charge >= 0.3 is 5.97 Å². The number of rotatable bonds is 11. The fourth-order valence-corrected chi connectivity index (χ4v) is 6.26. The van der Waals surface area contributed by atoms with Crippen LogP contribution in [0.2, 0.25) is 5.02 Å². The Balaban J connectivity index is 1.46. The molecule has 4 aromatic carbocycles. The summed E-state index contributed by atoms with van der Waals surface area (Å²) in [5, 5.41) is 2.84. The first-order chi connectivity index (χ1) is 19.9. The molecule has 0 spiro atoms. The summed E-state index contributed by atoms with van der Waals surface area (Å²) in [6.07, 6.45) is 1.69. The fraction of sp³-hybridized carbons (Fsp3) is 0.235. The number of hydrogen-bond donors (Lipinski definition) is 1. The third-order valence-electron chi connectivity index (χ3n) is 7.32. The van der Waals surface area contributed by atoms with E-state index in [1.165, 1.54) is 11.8 Å². The summed E-state index contributed by atoms with van der Waals surface area (Å²) < 4.78 is 2.27. The highest BCUT2D eigenvalue weighted by Gasteiger charge is 2.19. The zero-order chi connectivity index (χ0) is 28.9. The maximum Gasteiger partial charge on any atom is 0.321 e. The van der Waals surface area contributed by atoms with E-state index in [0.717, 1.165) is 63.1 Å². The molecule has 0 bridgehead atoms. The molecule has 5 nitrogen and oxygen atoms in total. The summed E-state index contributed by atoms with van der Waals surface area (Å²) in [4.78, 5) is 31.5. The van der Waals surface area contributed by atoms with Crippen molar-refractivity contribution in [2.45, 2.75) is 51.1 Å². The first-order valence-corrected chi connectivity index (χ1v) is 15.2. The number of aryl methyl sites for hydroxylation is 2. The van der Waals surface area contributed by atoms with E-state index in [4.69, 9.17) is 16.4 Å². The van der Waals surface area contributed by atoms with Crippen molar-refractivity contribution in [3.63, 3.8) is 0 Å². The Morgan fingerprint density at radius 1 is 0.951 bits per heavy atom. The number of nitrogens with one attached hydrogen (secondary N) is 1. The van der Waals surface area contributed by atoms with Crippen LogP contribution in [0.4, 0.5) is 0 Å². The van der Waals surface area contributed by atoms with Crippen LogP contribution in [-0.2, 0) is 16.2 Å². The molecule has 1 atom stereocenters. The predicted octanol–water partition coefficient (Wildman–Crippen LogP) is 8.69. The molecule has 0 aliphatic rings. The first kappa shape index (κ1) is 28.9. The minimum atomic E-state index is -0.381. The number of nitrogens with zero attached hydrogens (tertiary/aromatic N) is 1. The maximum atomic E-state index is 13.4. The molecule has 1 unspecified atom stereocenters. The Kier molecular flexibility index (Phi) is 9.13. The second kappa shape index (κ2) is 12.9. The van der Waals surface area contributed by atoms with Gasteiger partial charge in [0.2, 0.25) is 0 Å². The van der Waals surface area contributed by atoms with E-state index in [0.29, 0.717) is 11.1 Å². The third-order valence-corrected chi connectivity index (χ3v) is 8.67. The van der Waals surface area contributed by atoms with E-state index in [2.05, 4.69) is 35.2 Å². The number of hydrogen-bond acceptors (Lipinski definition) is 5. The number of carbonyl (C=O) groups is 2. The van der Waals surface area contributed by atoms with Crippen molar-refractivity contribution in [2.75, 3.05) is 5.75 Å². The molecule has 5 rings (SSSR count). The van der Waals surface area contributed by atoms with Gasteiger partial charge in [-0.2, -0.15) is 0 Å². The van der Waals surface area contributed by atoms with Gasteiger partial charge in [-0.15, -0.1) is 17.2 Å². The number of fused-ring (bicyclic) bond motifs is 3. The summed E-state index contributed by atoms with van der Waals surface area (Å²) in [6.45, 7) is 6.29. The molecule has 0 saturated carbocycles. The monoisotopic (exact) mass is 584 g/mol. The molecular formula is C34H33ClN2O3S. The number of hydroxylamine groups is 1. The van der Waals surface area contributed by atoms with E-state index in [9.17, 15) is 9.59 Å². The van der Waals surface area contributed by atoms with Crippen molar-refractivity contribution in [1.29, 1.82) is 0 Å². The van der Waals surface area contributed by atoms with Crippen LogP contribution in [0.15, 0.2) is 89.8 Å². The second-order valence-electron chi connectivity index (χ2n) is 10.1. The van der Waals surface area contributed by atoms with E-state index < -0.39 is 0 Å². The first-order valence-electron chi connectivity index (χ1n) is 13.8. The molecule has 0 aliphatic carbocycles. The smallest absolute Gasteiger partial charge is 0.321 e. The molecule has 1 aromatic heterocycles. The largest absolute Gasteiger partial charge is 0.370 e. The van der Waals surface area contributed by atoms with Crippen molar-refractivity contribution in [3.05, 3.63) is 112 Å². The van der Waals surface area contributed by atoms with E-state index in [1.807, 2.05) is 73.7 Å². The highest BCUT2D eigenvalue weighted by atomic mass is 35.5. The number of carbonyl (C=O) groups excluding carboxylic acids is 2. The van der Waals surface area contributed by atoms with Gasteiger partial charge in [-0.1, -0.05) is 41.9 Å². The van der Waals surface area contributed by atoms with Gasteiger partial charge in [0, 0.05) is 56.3 Å². The average molecular weight is 585 g/mol. The summed E-state index contributed by atoms with van der Waals surface area (Å²) in [5.74, 6) is 0.557. The van der Waals surface area contributed by atoms with Gasteiger partial charge in [-0.05, 0) is 98.2 Å². The van der Waals surface area contributed by atoms with Crippen LogP contribution in [-0.4, -0.2) is 22.1 Å². The van der Waals surface area contributed by atoms with Crippen molar-refractivity contribution in [3.8, 4) is 0 Å². The fourth-order valence-electron chi connectivity index (χ4n) is 5.26. The Labute approximate surface area is 249 Å². The second-order valence-corrected chi connectivity index (χ2v) is 11.7. The van der Waals surface area contributed by atoms with E-state index in [1.54, 1.807) is 11.8 Å². The van der Waals surface area contributed by atoms with E-state index >= 15 is 0 Å². The minimum absolute atomic E-state index is 0.0196. The molecule has 41 heavy (non-hydrogen) atoms. The van der Waals surface area contributed by atoms with Crippen molar-refractivity contribution in [2.24, 2.45) is 0 Å². The lowest BCUT2D eigenvalue weighted by Crippen LogP contribution is -2.24. The van der Waals surface area contributed by atoms with Crippen molar-refractivity contribution in [1.82, 2.24) is 10.0 Å². The SMILES string of the molecule is CCn1c2ccc(C(=O)c3ccccc3C)cc2c2cc(C(CCCSc3ccc(Cl)cc3)NOC(C)=O)ccc21. The van der Waals surface area contributed by atoms with Gasteiger partial charge in [0.05, 0.1) is 6.04 Å². The van der Waals surface area contributed by atoms with Crippen LogP contribution in [0.3, 0.4) is 0 Å². The highest BCUT2D eigenvalue weighted by Crippen LogP contribution is 2.34. The van der Waals surface area contributed by atoms with Gasteiger partial charge in [0.25, 0.3) is 0 Å². The summed E-state index contributed by atoms with van der Waals surface area (Å²) in [7, 11) is 0. The van der Waals surface area contributed by atoms with Crippen LogP contribution < -0.4 is 5.48 Å². The molecule has 0 radical (unpaired) electrons. The van der Waals surface area contributed by atoms with Gasteiger partial charge < -0.3 is 9.40 Å². The molecule has 5 aromatic rings. The molecule has 7 heteroatoms. The normalized spacial score (nSPS) is 12.1. The molecule has 0 saturated heterocycles. The maximum absolute atomic E-state index is 13.4. The standard InChI is InChI=1S/C34H33ClN2O3S/c1-4-37-32-17-11-24(31(36-40-23(3)38)10-7-19-41-27-15-13-26(35)14-16-27)20-29(32)30-21-25(12-18-33(30)37)34(39)28-9-6-5-8-22(28)2/h5-6,8-9,11-18,20-21,31,36H,4,7,10,19H2,1-3H3. The van der Waals surface area contributed by atoms with Crippen LogP contribution in [0.25, 0.3) is 21.8 Å². The zero-order valence-electron chi connectivity index (χ0n) is 23.4. The lowest BCUT2D eigenvalue weighted by molar-refractivity contribution is -0.150. The average Bonchev–Trinajstić information content (AvgIpc) is 3.29. The predicted molar refractivity (Wildman–Crippen MR) is 169 cm³/mol. The lowest BCUT2D eigenvalue weighted by Gasteiger charge is -2.18. The summed E-state index contributed by atoms with van der Waals surface area (Å²) in [6, 6.07) is 27.7. The number of benzene rings is 4. The molecule has 210 valence electrons. The van der Waals surface area contributed by atoms with Gasteiger partial charge in [-0.25, -0.2) is 0 Å². The van der Waals surface area contributed by atoms with Gasteiger partial charge in [0.15, 0.2) is 5.78 Å². The quantitative estimate of drug-likeness (QED) is 0.0728. The van der Waals surface area contributed by atoms with Crippen molar-refractivity contribution >= 4 is 56.9 Å². The van der Waals surface area contributed by atoms with Gasteiger partial charge in [0.1, 0.15) is 0 Å².